The van der Waals surface area contributed by atoms with E-state index < -0.39 is 10.0 Å². The molecule has 0 aliphatic carbocycles. The number of rotatable bonds is 8. The van der Waals surface area contributed by atoms with Crippen molar-refractivity contribution >= 4 is 27.5 Å². The Hall–Kier alpha value is -2.91. The third-order valence-electron chi connectivity index (χ3n) is 5.67. The van der Waals surface area contributed by atoms with Gasteiger partial charge in [0, 0.05) is 38.0 Å². The Morgan fingerprint density at radius 2 is 1.94 bits per heavy atom. The number of sulfonamides is 1. The van der Waals surface area contributed by atoms with E-state index in [1.807, 2.05) is 13.0 Å². The standard InChI is InChI=1S/C24H31N3O5S/c1-17-9-10-22(18(2)14-17)33(30,31)26-21-8-4-6-19(15-21)24(29)27-12-5-7-20(16-27)23(28)25-11-13-32-3/h4,6,8-10,14-15,20,26H,5,7,11-13,16H2,1-3H3,(H,25,28). The van der Waals surface area contributed by atoms with Crippen LogP contribution in [-0.2, 0) is 19.6 Å². The second kappa shape index (κ2) is 10.8. The van der Waals surface area contributed by atoms with Crippen LogP contribution in [0, 0.1) is 19.8 Å². The highest BCUT2D eigenvalue weighted by atomic mass is 32.2. The van der Waals surface area contributed by atoms with Crippen molar-refractivity contribution in [2.75, 3.05) is 38.1 Å². The van der Waals surface area contributed by atoms with Crippen LogP contribution in [0.1, 0.15) is 34.3 Å². The summed E-state index contributed by atoms with van der Waals surface area (Å²) in [4.78, 5) is 27.3. The summed E-state index contributed by atoms with van der Waals surface area (Å²) in [5, 5.41) is 2.83. The molecule has 8 nitrogen and oxygen atoms in total. The van der Waals surface area contributed by atoms with E-state index in [4.69, 9.17) is 4.74 Å². The molecule has 0 aromatic heterocycles. The molecule has 2 N–H and O–H groups in total. The largest absolute Gasteiger partial charge is 0.383 e. The molecule has 0 spiro atoms. The van der Waals surface area contributed by atoms with Gasteiger partial charge < -0.3 is 15.0 Å². The number of carbonyl (C=O) groups excluding carboxylic acids is 2. The van der Waals surface area contributed by atoms with Gasteiger partial charge in [0.2, 0.25) is 5.91 Å². The number of hydrogen-bond acceptors (Lipinski definition) is 5. The maximum absolute atomic E-state index is 13.1. The maximum atomic E-state index is 13.1. The van der Waals surface area contributed by atoms with Crippen molar-refractivity contribution in [1.29, 1.82) is 0 Å². The summed E-state index contributed by atoms with van der Waals surface area (Å²) in [5.41, 5.74) is 2.31. The maximum Gasteiger partial charge on any atom is 0.262 e. The van der Waals surface area contributed by atoms with Crippen molar-refractivity contribution in [2.24, 2.45) is 5.92 Å². The number of nitrogens with one attached hydrogen (secondary N) is 2. The molecule has 3 rings (SSSR count). The molecule has 0 saturated carbocycles. The summed E-state index contributed by atoms with van der Waals surface area (Å²) in [6.45, 7) is 5.41. The average Bonchev–Trinajstić information content (AvgIpc) is 2.78. The van der Waals surface area contributed by atoms with Gasteiger partial charge in [-0.3, -0.25) is 14.3 Å². The van der Waals surface area contributed by atoms with E-state index in [0.29, 0.717) is 43.1 Å². The van der Waals surface area contributed by atoms with Gasteiger partial charge in [-0.15, -0.1) is 0 Å². The minimum Gasteiger partial charge on any atom is -0.383 e. The molecule has 1 unspecified atom stereocenters. The van der Waals surface area contributed by atoms with Gasteiger partial charge in [-0.25, -0.2) is 8.42 Å². The molecule has 9 heteroatoms. The summed E-state index contributed by atoms with van der Waals surface area (Å²) < 4.78 is 33.3. The molecule has 1 saturated heterocycles. The average molecular weight is 474 g/mol. The lowest BCUT2D eigenvalue weighted by Gasteiger charge is -2.32. The number of likely N-dealkylation sites (tertiary alicyclic amines) is 1. The zero-order chi connectivity index (χ0) is 24.0. The van der Waals surface area contributed by atoms with Crippen LogP contribution < -0.4 is 10.0 Å². The normalized spacial score (nSPS) is 16.3. The highest BCUT2D eigenvalue weighted by Crippen LogP contribution is 2.23. The zero-order valence-electron chi connectivity index (χ0n) is 19.3. The van der Waals surface area contributed by atoms with Crippen molar-refractivity contribution in [3.05, 3.63) is 59.2 Å². The summed E-state index contributed by atoms with van der Waals surface area (Å²) >= 11 is 0. The topological polar surface area (TPSA) is 105 Å². The molecule has 1 aliphatic heterocycles. The molecule has 0 radical (unpaired) electrons. The van der Waals surface area contributed by atoms with Crippen molar-refractivity contribution in [3.63, 3.8) is 0 Å². The lowest BCUT2D eigenvalue weighted by molar-refractivity contribution is -0.126. The molecule has 2 amide bonds. The first-order valence-electron chi connectivity index (χ1n) is 11.0. The minimum atomic E-state index is -3.80. The van der Waals surface area contributed by atoms with Gasteiger partial charge in [-0.1, -0.05) is 23.8 Å². The van der Waals surface area contributed by atoms with Crippen molar-refractivity contribution in [3.8, 4) is 0 Å². The number of methoxy groups -OCH3 is 1. The van der Waals surface area contributed by atoms with Crippen LogP contribution in [0.2, 0.25) is 0 Å². The van der Waals surface area contributed by atoms with Crippen LogP contribution in [0.3, 0.4) is 0 Å². The van der Waals surface area contributed by atoms with Crippen LogP contribution in [0.4, 0.5) is 5.69 Å². The Morgan fingerprint density at radius 1 is 1.15 bits per heavy atom. The number of amides is 2. The third-order valence-corrected chi connectivity index (χ3v) is 7.21. The first kappa shape index (κ1) is 24.7. The number of carbonyl (C=O) groups is 2. The smallest absolute Gasteiger partial charge is 0.262 e. The highest BCUT2D eigenvalue weighted by molar-refractivity contribution is 7.92. The van der Waals surface area contributed by atoms with Gasteiger partial charge in [-0.05, 0) is 56.5 Å². The Kier molecular flexibility index (Phi) is 8.10. The van der Waals surface area contributed by atoms with E-state index in [-0.39, 0.29) is 22.6 Å². The molecule has 1 heterocycles. The first-order valence-corrected chi connectivity index (χ1v) is 12.5. The Morgan fingerprint density at radius 3 is 2.67 bits per heavy atom. The molecule has 1 fully saturated rings. The SMILES string of the molecule is COCCNC(=O)C1CCCN(C(=O)c2cccc(NS(=O)(=O)c3ccc(C)cc3C)c2)C1. The van der Waals surface area contributed by atoms with Gasteiger partial charge >= 0.3 is 0 Å². The predicted octanol–water partition coefficient (Wildman–Crippen LogP) is 2.72. The number of nitrogens with zero attached hydrogens (tertiary/aromatic N) is 1. The Bertz CT molecular complexity index is 1120. The van der Waals surface area contributed by atoms with E-state index in [1.54, 1.807) is 49.3 Å². The summed E-state index contributed by atoms with van der Waals surface area (Å²) in [5.74, 6) is -0.581. The molecule has 33 heavy (non-hydrogen) atoms. The van der Waals surface area contributed by atoms with E-state index >= 15 is 0 Å². The summed E-state index contributed by atoms with van der Waals surface area (Å²) in [7, 11) is -2.22. The number of piperidine rings is 1. The number of ether oxygens (including phenoxy) is 1. The van der Waals surface area contributed by atoms with Gasteiger partial charge in [0.25, 0.3) is 15.9 Å². The van der Waals surface area contributed by atoms with Gasteiger partial charge in [0.05, 0.1) is 17.4 Å². The Balaban J connectivity index is 1.71. The lowest BCUT2D eigenvalue weighted by atomic mass is 9.96. The third kappa shape index (κ3) is 6.33. The molecule has 1 aliphatic rings. The second-order valence-corrected chi connectivity index (χ2v) is 9.98. The van der Waals surface area contributed by atoms with Gasteiger partial charge in [0.1, 0.15) is 0 Å². The molecule has 2 aromatic rings. The molecule has 1 atom stereocenters. The van der Waals surface area contributed by atoms with Gasteiger partial charge in [-0.2, -0.15) is 0 Å². The minimum absolute atomic E-state index is 0.0838. The van der Waals surface area contributed by atoms with Crippen LogP contribution in [0.15, 0.2) is 47.4 Å². The predicted molar refractivity (Wildman–Crippen MR) is 127 cm³/mol. The van der Waals surface area contributed by atoms with Gasteiger partial charge in [0.15, 0.2) is 0 Å². The summed E-state index contributed by atoms with van der Waals surface area (Å²) in [6, 6.07) is 11.6. The zero-order valence-corrected chi connectivity index (χ0v) is 20.1. The van der Waals surface area contributed by atoms with E-state index in [1.165, 1.54) is 6.07 Å². The van der Waals surface area contributed by atoms with Crippen LogP contribution in [0.5, 0.6) is 0 Å². The van der Waals surface area contributed by atoms with Crippen LogP contribution in [0.25, 0.3) is 0 Å². The number of benzene rings is 2. The van der Waals surface area contributed by atoms with E-state index in [0.717, 1.165) is 18.4 Å². The molecular weight excluding hydrogens is 442 g/mol. The molecule has 2 aromatic carbocycles. The quantitative estimate of drug-likeness (QED) is 0.574. The molecular formula is C24H31N3O5S. The van der Waals surface area contributed by atoms with Crippen LogP contribution >= 0.6 is 0 Å². The highest BCUT2D eigenvalue weighted by Gasteiger charge is 2.29. The summed E-state index contributed by atoms with van der Waals surface area (Å²) in [6.07, 6.45) is 1.45. The number of hydrogen-bond donors (Lipinski definition) is 2. The van der Waals surface area contributed by atoms with Crippen molar-refractivity contribution in [1.82, 2.24) is 10.2 Å². The van der Waals surface area contributed by atoms with Crippen LogP contribution in [-0.4, -0.2) is 58.5 Å². The molecule has 178 valence electrons. The fraction of sp³-hybridized carbons (Fsp3) is 0.417. The lowest BCUT2D eigenvalue weighted by Crippen LogP contribution is -2.45. The first-order chi connectivity index (χ1) is 15.7. The van der Waals surface area contributed by atoms with Crippen molar-refractivity contribution in [2.45, 2.75) is 31.6 Å². The Labute approximate surface area is 195 Å². The van der Waals surface area contributed by atoms with E-state index in [2.05, 4.69) is 10.0 Å². The fourth-order valence-corrected chi connectivity index (χ4v) is 5.28. The van der Waals surface area contributed by atoms with E-state index in [9.17, 15) is 18.0 Å². The second-order valence-electron chi connectivity index (χ2n) is 8.33. The number of anilines is 1. The van der Waals surface area contributed by atoms with Crippen molar-refractivity contribution < 1.29 is 22.7 Å². The fourth-order valence-electron chi connectivity index (χ4n) is 4.01. The monoisotopic (exact) mass is 473 g/mol. The molecule has 0 bridgehead atoms. The number of aryl methyl sites for hydroxylation is 2.